The van der Waals surface area contributed by atoms with E-state index in [1.54, 1.807) is 12.1 Å². The molecule has 2 rings (SSSR count). The number of imide groups is 1. The lowest BCUT2D eigenvalue weighted by atomic mass is 10.1. The van der Waals surface area contributed by atoms with Crippen molar-refractivity contribution in [1.82, 2.24) is 4.90 Å². The van der Waals surface area contributed by atoms with Gasteiger partial charge in [-0.2, -0.15) is 0 Å². The van der Waals surface area contributed by atoms with E-state index >= 15 is 0 Å². The van der Waals surface area contributed by atoms with E-state index in [0.717, 1.165) is 5.56 Å². The number of halogens is 1. The van der Waals surface area contributed by atoms with Gasteiger partial charge in [0.05, 0.1) is 0 Å². The molecule has 16 heavy (non-hydrogen) atoms. The summed E-state index contributed by atoms with van der Waals surface area (Å²) in [6, 6.07) is 6.09. The van der Waals surface area contributed by atoms with E-state index < -0.39 is 0 Å². The molecule has 1 aromatic rings. The molecule has 1 aromatic carbocycles. The van der Waals surface area contributed by atoms with Crippen LogP contribution in [0.25, 0.3) is 0 Å². The highest BCUT2D eigenvalue weighted by Gasteiger charge is 2.27. The van der Waals surface area contributed by atoms with Crippen LogP contribution in [0.5, 0.6) is 0 Å². The first-order valence-electron chi connectivity index (χ1n) is 5.24. The number of rotatable bonds is 3. The van der Waals surface area contributed by atoms with Crippen LogP contribution in [0.3, 0.4) is 0 Å². The van der Waals surface area contributed by atoms with Gasteiger partial charge in [-0.25, -0.2) is 4.39 Å². The number of hydrogen-bond acceptors (Lipinski definition) is 2. The Labute approximate surface area is 92.9 Å². The average Bonchev–Trinajstić information content (AvgIpc) is 2.59. The highest BCUT2D eigenvalue weighted by molar-refractivity contribution is 6.01. The molecule has 1 heterocycles. The van der Waals surface area contributed by atoms with E-state index in [4.69, 9.17) is 0 Å². The number of likely N-dealkylation sites (tertiary alicyclic amines) is 1. The van der Waals surface area contributed by atoms with Crippen molar-refractivity contribution in [3.63, 3.8) is 0 Å². The van der Waals surface area contributed by atoms with Gasteiger partial charge < -0.3 is 0 Å². The number of benzene rings is 1. The van der Waals surface area contributed by atoms with Crippen LogP contribution < -0.4 is 0 Å². The Bertz CT molecular complexity index is 398. The Hall–Kier alpha value is -1.71. The number of carbonyl (C=O) groups is 2. The molecule has 4 heteroatoms. The highest BCUT2D eigenvalue weighted by atomic mass is 19.1. The van der Waals surface area contributed by atoms with Crippen molar-refractivity contribution in [2.24, 2.45) is 0 Å². The lowest BCUT2D eigenvalue weighted by Gasteiger charge is -2.13. The molecule has 1 aliphatic heterocycles. The van der Waals surface area contributed by atoms with Crippen molar-refractivity contribution in [1.29, 1.82) is 0 Å². The minimum atomic E-state index is -0.280. The maximum absolute atomic E-state index is 12.6. The van der Waals surface area contributed by atoms with Gasteiger partial charge in [-0.05, 0) is 24.1 Å². The molecule has 1 fully saturated rings. The van der Waals surface area contributed by atoms with E-state index in [2.05, 4.69) is 0 Å². The monoisotopic (exact) mass is 221 g/mol. The highest BCUT2D eigenvalue weighted by Crippen LogP contribution is 2.13. The Morgan fingerprint density at radius 3 is 2.19 bits per heavy atom. The predicted molar refractivity (Wildman–Crippen MR) is 56.1 cm³/mol. The molecule has 0 aliphatic carbocycles. The first-order valence-corrected chi connectivity index (χ1v) is 5.24. The van der Waals surface area contributed by atoms with Gasteiger partial charge in [0.15, 0.2) is 0 Å². The largest absolute Gasteiger partial charge is 0.282 e. The number of amides is 2. The van der Waals surface area contributed by atoms with Gasteiger partial charge >= 0.3 is 0 Å². The average molecular weight is 221 g/mol. The first-order chi connectivity index (χ1) is 7.66. The third-order valence-electron chi connectivity index (χ3n) is 2.69. The molecule has 0 atom stereocenters. The van der Waals surface area contributed by atoms with Crippen LogP contribution in [-0.2, 0) is 16.0 Å². The van der Waals surface area contributed by atoms with Crippen LogP contribution in [0.4, 0.5) is 4.39 Å². The molecule has 0 unspecified atom stereocenters. The van der Waals surface area contributed by atoms with E-state index in [1.165, 1.54) is 17.0 Å². The lowest BCUT2D eigenvalue weighted by molar-refractivity contribution is -0.138. The zero-order valence-corrected chi connectivity index (χ0v) is 8.78. The Balaban J connectivity index is 1.94. The van der Waals surface area contributed by atoms with E-state index in [-0.39, 0.29) is 17.6 Å². The molecule has 84 valence electrons. The third kappa shape index (κ3) is 2.27. The quantitative estimate of drug-likeness (QED) is 0.726. The lowest BCUT2D eigenvalue weighted by Crippen LogP contribution is -2.31. The first kappa shape index (κ1) is 10.8. The van der Waals surface area contributed by atoms with Crippen molar-refractivity contribution in [3.05, 3.63) is 35.6 Å². The minimum Gasteiger partial charge on any atom is -0.282 e. The standard InChI is InChI=1S/C12H12FNO2/c13-10-3-1-9(2-4-10)7-8-14-11(15)5-6-12(14)16/h1-4H,5-8H2. The Kier molecular flexibility index (Phi) is 2.99. The molecule has 0 N–H and O–H groups in total. The van der Waals surface area contributed by atoms with Gasteiger partial charge in [0, 0.05) is 19.4 Å². The molecule has 0 saturated carbocycles. The molecule has 2 amide bonds. The summed E-state index contributed by atoms with van der Waals surface area (Å²) >= 11 is 0. The molecule has 0 bridgehead atoms. The molecule has 0 radical (unpaired) electrons. The van der Waals surface area contributed by atoms with Gasteiger partial charge in [-0.1, -0.05) is 12.1 Å². The maximum Gasteiger partial charge on any atom is 0.229 e. The summed E-state index contributed by atoms with van der Waals surface area (Å²) in [5.41, 5.74) is 0.925. The summed E-state index contributed by atoms with van der Waals surface area (Å²) in [4.78, 5) is 23.9. The third-order valence-corrected chi connectivity index (χ3v) is 2.69. The van der Waals surface area contributed by atoms with Crippen LogP contribution in [-0.4, -0.2) is 23.3 Å². The van der Waals surface area contributed by atoms with Crippen molar-refractivity contribution in [2.75, 3.05) is 6.54 Å². The van der Waals surface area contributed by atoms with Crippen LogP contribution in [0, 0.1) is 5.82 Å². The summed E-state index contributed by atoms with van der Waals surface area (Å²) in [5.74, 6) is -0.490. The SMILES string of the molecule is O=C1CCC(=O)N1CCc1ccc(F)cc1. The summed E-state index contributed by atoms with van der Waals surface area (Å²) < 4.78 is 12.6. The fourth-order valence-corrected chi connectivity index (χ4v) is 1.76. The molecule has 1 aliphatic rings. The summed E-state index contributed by atoms with van der Waals surface area (Å²) in [5, 5.41) is 0. The van der Waals surface area contributed by atoms with Crippen molar-refractivity contribution in [2.45, 2.75) is 19.3 Å². The summed E-state index contributed by atoms with van der Waals surface area (Å²) in [6.45, 7) is 0.392. The zero-order chi connectivity index (χ0) is 11.5. The number of nitrogens with zero attached hydrogens (tertiary/aromatic N) is 1. The fourth-order valence-electron chi connectivity index (χ4n) is 1.76. The summed E-state index contributed by atoms with van der Waals surface area (Å²) in [7, 11) is 0. The van der Waals surface area contributed by atoms with Crippen molar-refractivity contribution in [3.8, 4) is 0 Å². The van der Waals surface area contributed by atoms with Crippen LogP contribution in [0.15, 0.2) is 24.3 Å². The summed E-state index contributed by atoms with van der Waals surface area (Å²) in [6.07, 6.45) is 1.22. The second-order valence-electron chi connectivity index (χ2n) is 3.82. The molecule has 3 nitrogen and oxygen atoms in total. The topological polar surface area (TPSA) is 37.4 Å². The second-order valence-corrected chi connectivity index (χ2v) is 3.82. The molecular formula is C12H12FNO2. The molecule has 1 saturated heterocycles. The Morgan fingerprint density at radius 1 is 1.06 bits per heavy atom. The predicted octanol–water partition coefficient (Wildman–Crippen LogP) is 1.52. The smallest absolute Gasteiger partial charge is 0.229 e. The van der Waals surface area contributed by atoms with E-state index in [0.29, 0.717) is 25.8 Å². The van der Waals surface area contributed by atoms with Crippen LogP contribution in [0.1, 0.15) is 18.4 Å². The van der Waals surface area contributed by atoms with Crippen molar-refractivity contribution < 1.29 is 14.0 Å². The molecule has 0 aromatic heterocycles. The van der Waals surface area contributed by atoms with Gasteiger partial charge in [0.25, 0.3) is 0 Å². The van der Waals surface area contributed by atoms with Gasteiger partial charge in [-0.15, -0.1) is 0 Å². The van der Waals surface area contributed by atoms with E-state index in [1.807, 2.05) is 0 Å². The number of carbonyl (C=O) groups excluding carboxylic acids is 2. The van der Waals surface area contributed by atoms with Gasteiger partial charge in [0.1, 0.15) is 5.82 Å². The maximum atomic E-state index is 12.6. The fraction of sp³-hybridized carbons (Fsp3) is 0.333. The number of hydrogen-bond donors (Lipinski definition) is 0. The zero-order valence-electron chi connectivity index (χ0n) is 8.78. The Morgan fingerprint density at radius 2 is 1.62 bits per heavy atom. The van der Waals surface area contributed by atoms with Crippen LogP contribution >= 0.6 is 0 Å². The van der Waals surface area contributed by atoms with Gasteiger partial charge in [-0.3, -0.25) is 14.5 Å². The molecular weight excluding hydrogens is 209 g/mol. The minimum absolute atomic E-state index is 0.105. The second kappa shape index (κ2) is 4.43. The van der Waals surface area contributed by atoms with Gasteiger partial charge in [0.2, 0.25) is 11.8 Å². The van der Waals surface area contributed by atoms with Crippen LogP contribution in [0.2, 0.25) is 0 Å². The van der Waals surface area contributed by atoms with Crippen molar-refractivity contribution >= 4 is 11.8 Å². The molecule has 0 spiro atoms. The van der Waals surface area contributed by atoms with E-state index in [9.17, 15) is 14.0 Å². The normalized spacial score (nSPS) is 15.9.